The highest BCUT2D eigenvalue weighted by Crippen LogP contribution is 2.29. The van der Waals surface area contributed by atoms with Gasteiger partial charge in [-0.25, -0.2) is 9.59 Å². The van der Waals surface area contributed by atoms with E-state index in [4.69, 9.17) is 9.47 Å². The largest absolute Gasteiger partial charge is 0.414 e. The molecule has 1 aromatic rings. The van der Waals surface area contributed by atoms with Gasteiger partial charge in [-0.1, -0.05) is 6.07 Å². The number of ether oxygens (including phenoxy) is 2. The summed E-state index contributed by atoms with van der Waals surface area (Å²) in [6.45, 7) is 0.675. The average Bonchev–Trinajstić information content (AvgIpc) is 2.40. The Hall–Kier alpha value is -1.99. The van der Waals surface area contributed by atoms with Gasteiger partial charge in [0.15, 0.2) is 11.5 Å². The Balaban J connectivity index is 0.00000484. The zero-order valence-corrected chi connectivity index (χ0v) is 15.1. The summed E-state index contributed by atoms with van der Waals surface area (Å²) in [4.78, 5) is 28.0. The molecule has 0 fully saturated rings. The van der Waals surface area contributed by atoms with Crippen LogP contribution in [-0.2, 0) is 6.54 Å². The summed E-state index contributed by atoms with van der Waals surface area (Å²) in [5.41, 5.74) is 0.941. The maximum atomic E-state index is 11.8. The minimum absolute atomic E-state index is 0. The number of amides is 2. The maximum absolute atomic E-state index is 11.8. The lowest BCUT2D eigenvalue weighted by Crippen LogP contribution is -2.27. The van der Waals surface area contributed by atoms with Gasteiger partial charge in [-0.15, -0.1) is 12.4 Å². The number of halogens is 1. The van der Waals surface area contributed by atoms with Crippen molar-refractivity contribution in [1.82, 2.24) is 14.7 Å². The van der Waals surface area contributed by atoms with Crippen molar-refractivity contribution in [3.8, 4) is 11.5 Å². The van der Waals surface area contributed by atoms with E-state index in [-0.39, 0.29) is 23.9 Å². The minimum atomic E-state index is -0.539. The average molecular weight is 346 g/mol. The monoisotopic (exact) mass is 345 g/mol. The molecule has 7 nitrogen and oxygen atoms in total. The second kappa shape index (κ2) is 9.22. The summed E-state index contributed by atoms with van der Waals surface area (Å²) < 4.78 is 10.5. The van der Waals surface area contributed by atoms with E-state index in [1.807, 2.05) is 25.1 Å². The third-order valence-corrected chi connectivity index (χ3v) is 2.63. The summed E-state index contributed by atoms with van der Waals surface area (Å²) in [7, 11) is 10.2. The quantitative estimate of drug-likeness (QED) is 0.837. The Morgan fingerprint density at radius 3 is 1.78 bits per heavy atom. The van der Waals surface area contributed by atoms with Crippen LogP contribution in [0.15, 0.2) is 18.2 Å². The molecule has 0 aromatic heterocycles. The second-order valence-corrected chi connectivity index (χ2v) is 5.54. The van der Waals surface area contributed by atoms with Gasteiger partial charge in [0.2, 0.25) is 0 Å². The van der Waals surface area contributed by atoms with E-state index in [2.05, 4.69) is 0 Å². The highest BCUT2D eigenvalue weighted by molar-refractivity contribution is 5.85. The molecule has 0 radical (unpaired) electrons. The fourth-order valence-corrected chi connectivity index (χ4v) is 1.55. The molecular weight excluding hydrogens is 322 g/mol. The lowest BCUT2D eigenvalue weighted by Gasteiger charge is -2.17. The van der Waals surface area contributed by atoms with Crippen LogP contribution >= 0.6 is 12.4 Å². The maximum Gasteiger partial charge on any atom is 0.414 e. The van der Waals surface area contributed by atoms with Gasteiger partial charge >= 0.3 is 12.2 Å². The number of hydrogen-bond donors (Lipinski definition) is 0. The van der Waals surface area contributed by atoms with Gasteiger partial charge in [0.25, 0.3) is 0 Å². The Kier molecular flexibility index (Phi) is 8.42. The standard InChI is InChI=1S/C15H23N3O4.ClH/c1-16(2)10-11-7-8-12(21-14(19)17(3)4)13(9-11)22-15(20)18(5)6;/h7-9H,10H2,1-6H3;1H. The lowest BCUT2D eigenvalue weighted by atomic mass is 10.2. The van der Waals surface area contributed by atoms with E-state index in [0.29, 0.717) is 6.54 Å². The van der Waals surface area contributed by atoms with Gasteiger partial charge in [-0.3, -0.25) is 0 Å². The number of carbonyl (C=O) groups excluding carboxylic acids is 2. The summed E-state index contributed by atoms with van der Waals surface area (Å²) >= 11 is 0. The molecule has 0 bridgehead atoms. The van der Waals surface area contributed by atoms with E-state index < -0.39 is 12.2 Å². The molecule has 0 aliphatic rings. The zero-order chi connectivity index (χ0) is 16.9. The summed E-state index contributed by atoms with van der Waals surface area (Å²) in [5, 5.41) is 0. The molecule has 0 heterocycles. The molecule has 0 spiro atoms. The van der Waals surface area contributed by atoms with Crippen LogP contribution in [0.5, 0.6) is 11.5 Å². The van der Waals surface area contributed by atoms with Crippen molar-refractivity contribution < 1.29 is 19.1 Å². The molecule has 0 aliphatic carbocycles. The van der Waals surface area contributed by atoms with Gasteiger partial charge in [-0.2, -0.15) is 0 Å². The highest BCUT2D eigenvalue weighted by atomic mass is 35.5. The lowest BCUT2D eigenvalue weighted by molar-refractivity contribution is 0.161. The molecule has 8 heteroatoms. The molecule has 0 N–H and O–H groups in total. The predicted octanol–water partition coefficient (Wildman–Crippen LogP) is 2.29. The SMILES string of the molecule is CN(C)Cc1ccc(OC(=O)N(C)C)c(OC(=O)N(C)C)c1.Cl. The fourth-order valence-electron chi connectivity index (χ4n) is 1.55. The predicted molar refractivity (Wildman–Crippen MR) is 90.5 cm³/mol. The minimum Gasteiger partial charge on any atom is -0.406 e. The third-order valence-electron chi connectivity index (χ3n) is 2.63. The fraction of sp³-hybridized carbons (Fsp3) is 0.467. The van der Waals surface area contributed by atoms with E-state index >= 15 is 0 Å². The summed E-state index contributed by atoms with van der Waals surface area (Å²) in [5.74, 6) is 0.421. The van der Waals surface area contributed by atoms with E-state index in [0.717, 1.165) is 5.56 Å². The first-order valence-electron chi connectivity index (χ1n) is 6.76. The number of nitrogens with zero attached hydrogens (tertiary/aromatic N) is 3. The van der Waals surface area contributed by atoms with Crippen LogP contribution < -0.4 is 9.47 Å². The van der Waals surface area contributed by atoms with E-state index in [9.17, 15) is 9.59 Å². The van der Waals surface area contributed by atoms with Crippen LogP contribution in [0.4, 0.5) is 9.59 Å². The van der Waals surface area contributed by atoms with E-state index in [1.165, 1.54) is 9.80 Å². The van der Waals surface area contributed by atoms with Crippen molar-refractivity contribution in [2.45, 2.75) is 6.54 Å². The Morgan fingerprint density at radius 1 is 0.870 bits per heavy atom. The van der Waals surface area contributed by atoms with Crippen LogP contribution in [0.3, 0.4) is 0 Å². The Bertz CT molecular complexity index is 548. The molecule has 0 saturated carbocycles. The molecule has 0 aliphatic heterocycles. The number of carbonyl (C=O) groups is 2. The first-order valence-corrected chi connectivity index (χ1v) is 6.76. The van der Waals surface area contributed by atoms with E-state index in [1.54, 1.807) is 40.3 Å². The van der Waals surface area contributed by atoms with Crippen molar-refractivity contribution >= 4 is 24.6 Å². The molecule has 23 heavy (non-hydrogen) atoms. The summed E-state index contributed by atoms with van der Waals surface area (Å²) in [6, 6.07) is 5.14. The van der Waals surface area contributed by atoms with Crippen LogP contribution in [0.25, 0.3) is 0 Å². The highest BCUT2D eigenvalue weighted by Gasteiger charge is 2.16. The first kappa shape index (κ1) is 21.0. The van der Waals surface area contributed by atoms with Gasteiger partial charge in [0, 0.05) is 34.7 Å². The zero-order valence-electron chi connectivity index (χ0n) is 14.3. The molecular formula is C15H24ClN3O4. The number of benzene rings is 1. The van der Waals surface area contributed by atoms with Crippen molar-refractivity contribution in [2.75, 3.05) is 42.3 Å². The van der Waals surface area contributed by atoms with Crippen molar-refractivity contribution in [1.29, 1.82) is 0 Å². The van der Waals surface area contributed by atoms with Gasteiger partial charge in [0.1, 0.15) is 0 Å². The second-order valence-electron chi connectivity index (χ2n) is 5.54. The van der Waals surface area contributed by atoms with Crippen molar-refractivity contribution in [3.05, 3.63) is 23.8 Å². The van der Waals surface area contributed by atoms with Gasteiger partial charge < -0.3 is 24.2 Å². The number of rotatable bonds is 4. The third kappa shape index (κ3) is 6.75. The Labute approximate surface area is 143 Å². The molecule has 1 rings (SSSR count). The topological polar surface area (TPSA) is 62.3 Å². The molecule has 130 valence electrons. The molecule has 1 aromatic carbocycles. The molecule has 2 amide bonds. The van der Waals surface area contributed by atoms with Crippen molar-refractivity contribution in [2.24, 2.45) is 0 Å². The first-order chi connectivity index (χ1) is 10.2. The van der Waals surface area contributed by atoms with Crippen LogP contribution in [0.2, 0.25) is 0 Å². The molecule has 0 saturated heterocycles. The molecule has 0 unspecified atom stereocenters. The molecule has 0 atom stereocenters. The van der Waals surface area contributed by atoms with Crippen LogP contribution in [0, 0.1) is 0 Å². The smallest absolute Gasteiger partial charge is 0.406 e. The van der Waals surface area contributed by atoms with Crippen LogP contribution in [0.1, 0.15) is 5.56 Å². The summed E-state index contributed by atoms with van der Waals surface area (Å²) in [6.07, 6.45) is -1.08. The van der Waals surface area contributed by atoms with Crippen LogP contribution in [-0.4, -0.2) is 69.2 Å². The Morgan fingerprint density at radius 2 is 1.35 bits per heavy atom. The normalized spacial score (nSPS) is 9.87. The van der Waals surface area contributed by atoms with Crippen molar-refractivity contribution in [3.63, 3.8) is 0 Å². The van der Waals surface area contributed by atoms with Gasteiger partial charge in [0.05, 0.1) is 0 Å². The van der Waals surface area contributed by atoms with Gasteiger partial charge in [-0.05, 0) is 31.8 Å². The number of hydrogen-bond acceptors (Lipinski definition) is 5.